The predicted octanol–water partition coefficient (Wildman–Crippen LogP) is 3.62. The van der Waals surface area contributed by atoms with Crippen LogP contribution >= 0.6 is 0 Å². The Morgan fingerprint density at radius 3 is 2.70 bits per heavy atom. The SMILES string of the molecule is CC(C(=O)O)c1cccc(NC(=O)c2cccc3c2CCC3)c1. The van der Waals surface area contributed by atoms with Crippen LogP contribution in [0.2, 0.25) is 0 Å². The van der Waals surface area contributed by atoms with Gasteiger partial charge in [0.1, 0.15) is 0 Å². The second-order valence-corrected chi connectivity index (χ2v) is 5.94. The van der Waals surface area contributed by atoms with Gasteiger partial charge in [0.25, 0.3) is 5.91 Å². The Labute approximate surface area is 135 Å². The summed E-state index contributed by atoms with van der Waals surface area (Å²) in [4.78, 5) is 23.7. The summed E-state index contributed by atoms with van der Waals surface area (Å²) in [5, 5.41) is 12.0. The molecule has 0 saturated carbocycles. The number of nitrogens with one attached hydrogen (secondary N) is 1. The average molecular weight is 309 g/mol. The van der Waals surface area contributed by atoms with Gasteiger partial charge in [0.2, 0.25) is 0 Å². The van der Waals surface area contributed by atoms with Crippen LogP contribution < -0.4 is 5.32 Å². The third kappa shape index (κ3) is 3.11. The summed E-state index contributed by atoms with van der Waals surface area (Å²) in [6, 6.07) is 12.9. The molecule has 2 N–H and O–H groups in total. The first-order valence-corrected chi connectivity index (χ1v) is 7.81. The van der Waals surface area contributed by atoms with Crippen LogP contribution in [0.15, 0.2) is 42.5 Å². The molecule has 3 rings (SSSR count). The Balaban J connectivity index is 1.83. The smallest absolute Gasteiger partial charge is 0.310 e. The summed E-state index contributed by atoms with van der Waals surface area (Å²) >= 11 is 0. The standard InChI is InChI=1S/C19H19NO3/c1-12(19(22)23)14-7-2-8-15(11-14)20-18(21)17-10-4-6-13-5-3-9-16(13)17/h2,4,6-8,10-12H,3,5,9H2,1H3,(H,20,21)(H,22,23). The maximum absolute atomic E-state index is 12.6. The van der Waals surface area contributed by atoms with Crippen molar-refractivity contribution < 1.29 is 14.7 Å². The van der Waals surface area contributed by atoms with Crippen molar-refractivity contribution in [3.05, 3.63) is 64.7 Å². The molecule has 2 aromatic carbocycles. The van der Waals surface area contributed by atoms with E-state index >= 15 is 0 Å². The van der Waals surface area contributed by atoms with E-state index in [2.05, 4.69) is 11.4 Å². The number of carbonyl (C=O) groups excluding carboxylic acids is 1. The Bertz CT molecular complexity index is 767. The molecule has 1 unspecified atom stereocenters. The Hall–Kier alpha value is -2.62. The number of fused-ring (bicyclic) bond motifs is 1. The van der Waals surface area contributed by atoms with Crippen molar-refractivity contribution in [3.8, 4) is 0 Å². The second kappa shape index (κ2) is 6.24. The second-order valence-electron chi connectivity index (χ2n) is 5.94. The zero-order valence-electron chi connectivity index (χ0n) is 13.0. The first-order chi connectivity index (χ1) is 11.1. The summed E-state index contributed by atoms with van der Waals surface area (Å²) in [6.45, 7) is 1.63. The van der Waals surface area contributed by atoms with Gasteiger partial charge in [-0.05, 0) is 61.1 Å². The molecule has 0 radical (unpaired) electrons. The van der Waals surface area contributed by atoms with Crippen molar-refractivity contribution in [1.82, 2.24) is 0 Å². The van der Waals surface area contributed by atoms with E-state index in [0.717, 1.165) is 30.4 Å². The summed E-state index contributed by atoms with van der Waals surface area (Å²) in [6.07, 6.45) is 3.06. The number of carboxylic acid groups (broad SMARTS) is 1. The quantitative estimate of drug-likeness (QED) is 0.906. The van der Waals surface area contributed by atoms with E-state index < -0.39 is 11.9 Å². The molecule has 1 atom stereocenters. The molecule has 1 aliphatic carbocycles. The summed E-state index contributed by atoms with van der Waals surface area (Å²) in [7, 11) is 0. The zero-order chi connectivity index (χ0) is 16.4. The number of hydrogen-bond acceptors (Lipinski definition) is 2. The summed E-state index contributed by atoms with van der Waals surface area (Å²) in [5.74, 6) is -1.62. The van der Waals surface area contributed by atoms with E-state index in [4.69, 9.17) is 5.11 Å². The fourth-order valence-corrected chi connectivity index (χ4v) is 3.06. The molecule has 1 amide bonds. The number of carboxylic acids is 1. The zero-order valence-corrected chi connectivity index (χ0v) is 13.0. The number of anilines is 1. The lowest BCUT2D eigenvalue weighted by atomic mass is 10.0. The maximum Gasteiger partial charge on any atom is 0.310 e. The minimum atomic E-state index is -0.880. The van der Waals surface area contributed by atoms with Gasteiger partial charge in [0.05, 0.1) is 5.92 Å². The van der Waals surface area contributed by atoms with Gasteiger partial charge in [0, 0.05) is 11.3 Å². The molecule has 0 aliphatic heterocycles. The normalized spacial score (nSPS) is 14.1. The number of aliphatic carboxylic acids is 1. The molecule has 1 aliphatic rings. The average Bonchev–Trinajstić information content (AvgIpc) is 3.02. The van der Waals surface area contributed by atoms with Gasteiger partial charge < -0.3 is 10.4 Å². The molecule has 0 heterocycles. The van der Waals surface area contributed by atoms with Crippen LogP contribution in [0.25, 0.3) is 0 Å². The molecule has 4 heteroatoms. The number of carbonyl (C=O) groups is 2. The lowest BCUT2D eigenvalue weighted by Crippen LogP contribution is -2.15. The van der Waals surface area contributed by atoms with Crippen LogP contribution in [-0.4, -0.2) is 17.0 Å². The molecular weight excluding hydrogens is 290 g/mol. The van der Waals surface area contributed by atoms with E-state index in [9.17, 15) is 9.59 Å². The monoisotopic (exact) mass is 309 g/mol. The lowest BCUT2D eigenvalue weighted by Gasteiger charge is -2.12. The van der Waals surface area contributed by atoms with Crippen LogP contribution in [0, 0.1) is 0 Å². The van der Waals surface area contributed by atoms with E-state index in [-0.39, 0.29) is 5.91 Å². The fraction of sp³-hybridized carbons (Fsp3) is 0.263. The molecule has 0 aromatic heterocycles. The molecule has 0 fully saturated rings. The van der Waals surface area contributed by atoms with Crippen molar-refractivity contribution in [3.63, 3.8) is 0 Å². The van der Waals surface area contributed by atoms with Gasteiger partial charge >= 0.3 is 5.97 Å². The van der Waals surface area contributed by atoms with Crippen molar-refractivity contribution in [2.24, 2.45) is 0 Å². The topological polar surface area (TPSA) is 66.4 Å². The van der Waals surface area contributed by atoms with Crippen LogP contribution in [0.4, 0.5) is 5.69 Å². The molecule has 0 saturated heterocycles. The van der Waals surface area contributed by atoms with Crippen molar-refractivity contribution >= 4 is 17.6 Å². The van der Waals surface area contributed by atoms with Gasteiger partial charge in [0.15, 0.2) is 0 Å². The van der Waals surface area contributed by atoms with Crippen LogP contribution in [0.5, 0.6) is 0 Å². The molecular formula is C19H19NO3. The molecule has 0 spiro atoms. The number of benzene rings is 2. The van der Waals surface area contributed by atoms with Gasteiger partial charge in [-0.15, -0.1) is 0 Å². The van der Waals surface area contributed by atoms with Crippen molar-refractivity contribution in [1.29, 1.82) is 0 Å². The minimum absolute atomic E-state index is 0.135. The Kier molecular flexibility index (Phi) is 4.15. The first-order valence-electron chi connectivity index (χ1n) is 7.81. The van der Waals surface area contributed by atoms with Crippen LogP contribution in [0.3, 0.4) is 0 Å². The highest BCUT2D eigenvalue weighted by Crippen LogP contribution is 2.26. The van der Waals surface area contributed by atoms with Gasteiger partial charge in [-0.25, -0.2) is 0 Å². The van der Waals surface area contributed by atoms with E-state index in [1.807, 2.05) is 12.1 Å². The Morgan fingerprint density at radius 2 is 1.91 bits per heavy atom. The number of rotatable bonds is 4. The van der Waals surface area contributed by atoms with Crippen molar-refractivity contribution in [2.75, 3.05) is 5.32 Å². The third-order valence-corrected chi connectivity index (χ3v) is 4.41. The molecule has 2 aromatic rings. The van der Waals surface area contributed by atoms with Crippen molar-refractivity contribution in [2.45, 2.75) is 32.1 Å². The fourth-order valence-electron chi connectivity index (χ4n) is 3.06. The van der Waals surface area contributed by atoms with Crippen LogP contribution in [-0.2, 0) is 17.6 Å². The molecule has 118 valence electrons. The summed E-state index contributed by atoms with van der Waals surface area (Å²) < 4.78 is 0. The number of amides is 1. The van der Waals surface area contributed by atoms with E-state index in [1.165, 1.54) is 5.56 Å². The highest BCUT2D eigenvalue weighted by Gasteiger charge is 2.19. The third-order valence-electron chi connectivity index (χ3n) is 4.41. The molecule has 0 bridgehead atoms. The highest BCUT2D eigenvalue weighted by molar-refractivity contribution is 6.05. The first kappa shape index (κ1) is 15.3. The van der Waals surface area contributed by atoms with E-state index in [0.29, 0.717) is 11.3 Å². The molecule has 4 nitrogen and oxygen atoms in total. The minimum Gasteiger partial charge on any atom is -0.481 e. The largest absolute Gasteiger partial charge is 0.481 e. The number of hydrogen-bond donors (Lipinski definition) is 2. The summed E-state index contributed by atoms with van der Waals surface area (Å²) in [5.41, 5.74) is 4.41. The lowest BCUT2D eigenvalue weighted by molar-refractivity contribution is -0.138. The Morgan fingerprint density at radius 1 is 1.13 bits per heavy atom. The molecule has 23 heavy (non-hydrogen) atoms. The van der Waals surface area contributed by atoms with E-state index in [1.54, 1.807) is 31.2 Å². The van der Waals surface area contributed by atoms with Crippen LogP contribution in [0.1, 0.15) is 46.3 Å². The van der Waals surface area contributed by atoms with Gasteiger partial charge in [-0.2, -0.15) is 0 Å². The maximum atomic E-state index is 12.6. The van der Waals surface area contributed by atoms with Gasteiger partial charge in [-0.3, -0.25) is 9.59 Å². The highest BCUT2D eigenvalue weighted by atomic mass is 16.4. The number of aryl methyl sites for hydroxylation is 1. The predicted molar refractivity (Wildman–Crippen MR) is 88.9 cm³/mol. The van der Waals surface area contributed by atoms with Gasteiger partial charge in [-0.1, -0.05) is 24.3 Å².